The van der Waals surface area contributed by atoms with E-state index < -0.39 is 63.6 Å². The van der Waals surface area contributed by atoms with Crippen LogP contribution in [0, 0.1) is 0 Å². The second-order valence-corrected chi connectivity index (χ2v) is 9.74. The molecule has 0 heterocycles. The molecule has 0 fully saturated rings. The first kappa shape index (κ1) is 33.0. The summed E-state index contributed by atoms with van der Waals surface area (Å²) < 4.78 is 211. The van der Waals surface area contributed by atoms with Crippen molar-refractivity contribution in [2.45, 2.75) is 54.2 Å². The molecule has 0 aliphatic heterocycles. The van der Waals surface area contributed by atoms with Crippen LogP contribution in [0.15, 0.2) is 0 Å². The summed E-state index contributed by atoms with van der Waals surface area (Å²) in [5.74, 6) is -46.5. The quantitative estimate of drug-likeness (QED) is 0.180. The van der Waals surface area contributed by atoms with E-state index in [0.29, 0.717) is 0 Å². The monoisotopic (exact) mass is 561 g/mol. The number of hydrogen-bond donors (Lipinski definition) is 1. The lowest BCUT2D eigenvalue weighted by Crippen LogP contribution is -2.73. The van der Waals surface area contributed by atoms with Gasteiger partial charge in [-0.15, -0.1) is 0 Å². The van der Waals surface area contributed by atoms with Gasteiger partial charge in [-0.1, -0.05) is 0 Å². The summed E-state index contributed by atoms with van der Waals surface area (Å²) in [6.45, 7) is -3.32. The molecule has 0 saturated heterocycles. The molecule has 0 spiro atoms. The number of nitrogens with one attached hydrogen (secondary N) is 1. The predicted octanol–water partition coefficient (Wildman–Crippen LogP) is 5.22. The smallest absolute Gasteiger partial charge is 0.377 e. The van der Waals surface area contributed by atoms with Crippen molar-refractivity contribution in [3.8, 4) is 0 Å². The minimum atomic E-state index is -8.29. The third-order valence-corrected chi connectivity index (χ3v) is 7.34. The molecule has 0 aromatic rings. The van der Waals surface area contributed by atoms with Crippen LogP contribution in [0.5, 0.6) is 0 Å². The Labute approximate surface area is 183 Å². The van der Waals surface area contributed by atoms with E-state index in [1.54, 1.807) is 0 Å². The summed E-state index contributed by atoms with van der Waals surface area (Å²) in [5, 5.41) is 1.43. The number of hydrogen-bond acceptors (Lipinski definition) is 4. The normalized spacial score (nSPS) is 15.7. The Balaban J connectivity index is 5.72. The number of halogens is 15. The lowest BCUT2D eigenvalue weighted by atomic mass is 9.91. The first-order valence-corrected chi connectivity index (χ1v) is 10.5. The van der Waals surface area contributed by atoms with Gasteiger partial charge in [-0.3, -0.25) is 0 Å². The highest BCUT2D eigenvalue weighted by Crippen LogP contribution is 2.62. The van der Waals surface area contributed by atoms with Crippen molar-refractivity contribution >= 4 is 8.80 Å². The maximum absolute atomic E-state index is 13.7. The van der Waals surface area contributed by atoms with Gasteiger partial charge in [-0.2, -0.15) is 65.9 Å². The Bertz CT molecular complexity index is 659. The SMILES string of the molecule is CO[Si](CCCNCC(F)(F)C(F)(F)C(F)(F)C(F)(F)C(F)(F)C(F)(F)C(F)(F)F)(OC)OC. The van der Waals surface area contributed by atoms with Crippen LogP contribution in [0.1, 0.15) is 6.42 Å². The van der Waals surface area contributed by atoms with Crippen LogP contribution in [0.4, 0.5) is 65.9 Å². The van der Waals surface area contributed by atoms with E-state index >= 15 is 0 Å². The molecule has 0 aliphatic carbocycles. The molecular weight excluding hydrogens is 543 g/mol. The third-order valence-electron chi connectivity index (χ3n) is 4.51. The average molecular weight is 561 g/mol. The van der Waals surface area contributed by atoms with E-state index in [1.807, 2.05) is 0 Å². The molecule has 0 aromatic carbocycles. The lowest BCUT2D eigenvalue weighted by Gasteiger charge is -2.41. The number of rotatable bonds is 14. The van der Waals surface area contributed by atoms with Crippen molar-refractivity contribution in [3.63, 3.8) is 0 Å². The van der Waals surface area contributed by atoms with E-state index in [-0.39, 0.29) is 12.5 Å². The minimum absolute atomic E-state index is 0.168. The molecule has 0 unspecified atom stereocenters. The van der Waals surface area contributed by atoms with Crippen LogP contribution in [-0.2, 0) is 13.3 Å². The molecule has 34 heavy (non-hydrogen) atoms. The summed E-state index contributed by atoms with van der Waals surface area (Å²) in [6.07, 6.45) is -7.91. The van der Waals surface area contributed by atoms with E-state index in [1.165, 1.54) is 5.32 Å². The highest BCUT2D eigenvalue weighted by molar-refractivity contribution is 6.60. The van der Waals surface area contributed by atoms with Crippen molar-refractivity contribution in [2.75, 3.05) is 34.4 Å². The second-order valence-electron chi connectivity index (χ2n) is 6.65. The average Bonchev–Trinajstić information content (AvgIpc) is 2.69. The van der Waals surface area contributed by atoms with E-state index in [0.717, 1.165) is 21.3 Å². The molecule has 0 rings (SSSR count). The summed E-state index contributed by atoms with van der Waals surface area (Å²) >= 11 is 0. The van der Waals surface area contributed by atoms with Crippen molar-refractivity contribution < 1.29 is 79.1 Å². The molecule has 0 atom stereocenters. The Hall–Kier alpha value is -0.993. The van der Waals surface area contributed by atoms with Gasteiger partial charge >= 0.3 is 50.5 Å². The van der Waals surface area contributed by atoms with E-state index in [2.05, 4.69) is 0 Å². The molecule has 206 valence electrons. The Morgan fingerprint density at radius 1 is 0.559 bits per heavy atom. The molecule has 0 saturated carbocycles. The predicted molar refractivity (Wildman–Crippen MR) is 84.8 cm³/mol. The molecule has 0 aromatic heterocycles. The van der Waals surface area contributed by atoms with Gasteiger partial charge in [0.25, 0.3) is 0 Å². The lowest BCUT2D eigenvalue weighted by molar-refractivity contribution is -0.451. The molecule has 0 aliphatic rings. The first-order chi connectivity index (χ1) is 14.9. The molecule has 1 N–H and O–H groups in total. The summed E-state index contributed by atoms with van der Waals surface area (Å²) in [4.78, 5) is 0. The summed E-state index contributed by atoms with van der Waals surface area (Å²) in [6, 6.07) is -0.168. The standard InChI is InChI=1S/C14H18F15NO3Si/c1-31-34(32-2,33-3)6-4-5-30-7-8(15,16)9(17,18)10(19,20)11(21,22)12(23,24)13(25,26)14(27,28)29/h30H,4-7H2,1-3H3. The van der Waals surface area contributed by atoms with Crippen molar-refractivity contribution in [2.24, 2.45) is 0 Å². The zero-order chi connectivity index (χ0) is 27.7. The molecule has 0 amide bonds. The van der Waals surface area contributed by atoms with Gasteiger partial charge in [0.15, 0.2) is 0 Å². The Morgan fingerprint density at radius 3 is 1.26 bits per heavy atom. The van der Waals surface area contributed by atoms with Crippen LogP contribution >= 0.6 is 0 Å². The minimum Gasteiger partial charge on any atom is -0.377 e. The Morgan fingerprint density at radius 2 is 0.912 bits per heavy atom. The second kappa shape index (κ2) is 10.2. The molecule has 0 radical (unpaired) electrons. The van der Waals surface area contributed by atoms with E-state index in [9.17, 15) is 65.9 Å². The summed E-state index contributed by atoms with van der Waals surface area (Å²) in [5.41, 5.74) is 0. The van der Waals surface area contributed by atoms with Crippen LogP contribution in [0.3, 0.4) is 0 Å². The van der Waals surface area contributed by atoms with Gasteiger partial charge in [-0.25, -0.2) is 0 Å². The number of alkyl halides is 15. The van der Waals surface area contributed by atoms with Gasteiger partial charge in [-0.05, 0) is 13.0 Å². The largest absolute Gasteiger partial charge is 0.500 e. The highest BCUT2D eigenvalue weighted by atomic mass is 28.4. The maximum Gasteiger partial charge on any atom is 0.500 e. The topological polar surface area (TPSA) is 39.7 Å². The zero-order valence-electron chi connectivity index (χ0n) is 17.2. The first-order valence-electron chi connectivity index (χ1n) is 8.59. The van der Waals surface area contributed by atoms with Crippen LogP contribution < -0.4 is 5.32 Å². The molecule has 20 heteroatoms. The van der Waals surface area contributed by atoms with Gasteiger partial charge < -0.3 is 18.6 Å². The van der Waals surface area contributed by atoms with Crippen LogP contribution in [-0.4, -0.2) is 84.9 Å². The zero-order valence-corrected chi connectivity index (χ0v) is 18.2. The van der Waals surface area contributed by atoms with Crippen LogP contribution in [0.25, 0.3) is 0 Å². The molecule has 0 bridgehead atoms. The highest BCUT2D eigenvalue weighted by Gasteiger charge is 2.93. The fourth-order valence-corrected chi connectivity index (χ4v) is 4.06. The maximum atomic E-state index is 13.7. The fourth-order valence-electron chi connectivity index (χ4n) is 2.34. The summed E-state index contributed by atoms with van der Waals surface area (Å²) in [7, 11) is 0.0799. The van der Waals surface area contributed by atoms with Gasteiger partial charge in [0.05, 0.1) is 6.54 Å². The van der Waals surface area contributed by atoms with Crippen molar-refractivity contribution in [1.82, 2.24) is 5.32 Å². The van der Waals surface area contributed by atoms with Crippen molar-refractivity contribution in [3.05, 3.63) is 0 Å². The van der Waals surface area contributed by atoms with Crippen molar-refractivity contribution in [1.29, 1.82) is 0 Å². The fraction of sp³-hybridized carbons (Fsp3) is 1.00. The van der Waals surface area contributed by atoms with Gasteiger partial charge in [0.1, 0.15) is 0 Å². The third kappa shape index (κ3) is 5.38. The van der Waals surface area contributed by atoms with Gasteiger partial charge in [0, 0.05) is 27.4 Å². The Kier molecular flexibility index (Phi) is 9.87. The molecule has 4 nitrogen and oxygen atoms in total. The molecular formula is C14H18F15NO3Si. The van der Waals surface area contributed by atoms with E-state index in [4.69, 9.17) is 13.3 Å². The van der Waals surface area contributed by atoms with Gasteiger partial charge in [0.2, 0.25) is 0 Å². The van der Waals surface area contributed by atoms with Crippen LogP contribution in [0.2, 0.25) is 6.04 Å².